The predicted octanol–water partition coefficient (Wildman–Crippen LogP) is 2.20. The van der Waals surface area contributed by atoms with Crippen LogP contribution in [0.2, 0.25) is 0 Å². The second kappa shape index (κ2) is 5.68. The fourth-order valence-corrected chi connectivity index (χ4v) is 2.27. The highest BCUT2D eigenvalue weighted by Crippen LogP contribution is 2.31. The van der Waals surface area contributed by atoms with E-state index >= 15 is 0 Å². The summed E-state index contributed by atoms with van der Waals surface area (Å²) in [6, 6.07) is 3.61. The van der Waals surface area contributed by atoms with Crippen molar-refractivity contribution in [2.45, 2.75) is 25.7 Å². The van der Waals surface area contributed by atoms with Crippen molar-refractivity contribution in [2.24, 2.45) is 0 Å². The first-order valence-corrected chi connectivity index (χ1v) is 6.33. The molecule has 1 heterocycles. The molecule has 106 valence electrons. The third-order valence-electron chi connectivity index (χ3n) is 3.28. The first-order chi connectivity index (χ1) is 9.50. The SMILES string of the molecule is O=C(O)c1ccc(N2CCCCCC2=O)c([N+](=O)[O-])c1. The van der Waals surface area contributed by atoms with E-state index in [2.05, 4.69) is 0 Å². The minimum absolute atomic E-state index is 0.159. The van der Waals surface area contributed by atoms with Gasteiger partial charge in [0.05, 0.1) is 10.5 Å². The monoisotopic (exact) mass is 278 g/mol. The first kappa shape index (κ1) is 14.0. The smallest absolute Gasteiger partial charge is 0.335 e. The minimum Gasteiger partial charge on any atom is -0.478 e. The Morgan fingerprint density at radius 2 is 2.05 bits per heavy atom. The maximum atomic E-state index is 12.0. The summed E-state index contributed by atoms with van der Waals surface area (Å²) in [4.78, 5) is 34.7. The van der Waals surface area contributed by atoms with Crippen LogP contribution in [0.4, 0.5) is 11.4 Å². The van der Waals surface area contributed by atoms with Crippen molar-refractivity contribution in [2.75, 3.05) is 11.4 Å². The lowest BCUT2D eigenvalue weighted by atomic mass is 10.1. The number of rotatable bonds is 3. The van der Waals surface area contributed by atoms with E-state index in [4.69, 9.17) is 5.11 Å². The van der Waals surface area contributed by atoms with Crippen LogP contribution in [0.25, 0.3) is 0 Å². The van der Waals surface area contributed by atoms with Crippen molar-refractivity contribution in [3.8, 4) is 0 Å². The van der Waals surface area contributed by atoms with Crippen LogP contribution in [0.5, 0.6) is 0 Å². The maximum absolute atomic E-state index is 12.0. The van der Waals surface area contributed by atoms with E-state index in [0.29, 0.717) is 13.0 Å². The molecule has 1 N–H and O–H groups in total. The molecule has 0 atom stereocenters. The number of anilines is 1. The van der Waals surface area contributed by atoms with Gasteiger partial charge in [0.1, 0.15) is 5.69 Å². The summed E-state index contributed by atoms with van der Waals surface area (Å²) in [6.07, 6.45) is 2.82. The summed E-state index contributed by atoms with van der Waals surface area (Å²) >= 11 is 0. The van der Waals surface area contributed by atoms with E-state index in [0.717, 1.165) is 25.3 Å². The summed E-state index contributed by atoms with van der Waals surface area (Å²) in [5.41, 5.74) is -0.338. The van der Waals surface area contributed by atoms with Crippen molar-refractivity contribution >= 4 is 23.3 Å². The summed E-state index contributed by atoms with van der Waals surface area (Å²) < 4.78 is 0. The standard InChI is InChI=1S/C13H14N2O5/c16-12-4-2-1-3-7-14(12)10-6-5-9(13(17)18)8-11(10)15(19)20/h5-6,8H,1-4,7H2,(H,17,18). The van der Waals surface area contributed by atoms with Crippen LogP contribution in [0.3, 0.4) is 0 Å². The van der Waals surface area contributed by atoms with Gasteiger partial charge in [0.2, 0.25) is 5.91 Å². The molecule has 1 fully saturated rings. The number of carbonyl (C=O) groups excluding carboxylic acids is 1. The van der Waals surface area contributed by atoms with Crippen molar-refractivity contribution < 1.29 is 19.6 Å². The number of nitrogens with zero attached hydrogens (tertiary/aromatic N) is 2. The molecule has 0 aromatic heterocycles. The molecule has 1 aliphatic heterocycles. The molecule has 1 aromatic rings. The zero-order valence-electron chi connectivity index (χ0n) is 10.7. The van der Waals surface area contributed by atoms with Crippen LogP contribution in [-0.4, -0.2) is 28.5 Å². The number of aromatic carboxylic acids is 1. The van der Waals surface area contributed by atoms with E-state index in [1.165, 1.54) is 17.0 Å². The number of carbonyl (C=O) groups is 2. The van der Waals surface area contributed by atoms with Crippen molar-refractivity contribution in [3.63, 3.8) is 0 Å². The number of carboxylic acid groups (broad SMARTS) is 1. The Kier molecular flexibility index (Phi) is 3.97. The van der Waals surface area contributed by atoms with Crippen LogP contribution >= 0.6 is 0 Å². The third-order valence-corrected chi connectivity index (χ3v) is 3.28. The summed E-state index contributed by atoms with van der Waals surface area (Å²) in [5.74, 6) is -1.39. The summed E-state index contributed by atoms with van der Waals surface area (Å²) in [5, 5.41) is 20.0. The Morgan fingerprint density at radius 3 is 2.70 bits per heavy atom. The van der Waals surface area contributed by atoms with E-state index in [1.54, 1.807) is 0 Å². The molecule has 7 nitrogen and oxygen atoms in total. The van der Waals surface area contributed by atoms with Crippen LogP contribution < -0.4 is 4.90 Å². The molecule has 7 heteroatoms. The van der Waals surface area contributed by atoms with Gasteiger partial charge in [-0.25, -0.2) is 4.79 Å². The van der Waals surface area contributed by atoms with Crippen molar-refractivity contribution in [1.82, 2.24) is 0 Å². The average molecular weight is 278 g/mol. The molecule has 1 amide bonds. The molecule has 20 heavy (non-hydrogen) atoms. The van der Waals surface area contributed by atoms with Crippen molar-refractivity contribution in [1.29, 1.82) is 0 Å². The second-order valence-corrected chi connectivity index (χ2v) is 4.62. The Morgan fingerprint density at radius 1 is 1.30 bits per heavy atom. The van der Waals surface area contributed by atoms with Gasteiger partial charge in [-0.3, -0.25) is 14.9 Å². The normalized spacial score (nSPS) is 15.8. The summed E-state index contributed by atoms with van der Waals surface area (Å²) in [7, 11) is 0. The number of nitro benzene ring substituents is 1. The minimum atomic E-state index is -1.23. The second-order valence-electron chi connectivity index (χ2n) is 4.62. The molecule has 1 aliphatic rings. The number of benzene rings is 1. The molecular formula is C13H14N2O5. The molecule has 1 saturated heterocycles. The predicted molar refractivity (Wildman–Crippen MR) is 70.9 cm³/mol. The van der Waals surface area contributed by atoms with Crippen LogP contribution in [0.1, 0.15) is 36.0 Å². The zero-order valence-corrected chi connectivity index (χ0v) is 10.7. The Balaban J connectivity index is 2.46. The zero-order chi connectivity index (χ0) is 14.7. The third kappa shape index (κ3) is 2.76. The lowest BCUT2D eigenvalue weighted by Gasteiger charge is -2.20. The fourth-order valence-electron chi connectivity index (χ4n) is 2.27. The first-order valence-electron chi connectivity index (χ1n) is 6.33. The van der Waals surface area contributed by atoms with Gasteiger partial charge >= 0.3 is 5.97 Å². The largest absolute Gasteiger partial charge is 0.478 e. The van der Waals surface area contributed by atoms with Gasteiger partial charge in [-0.2, -0.15) is 0 Å². The lowest BCUT2D eigenvalue weighted by molar-refractivity contribution is -0.384. The fraction of sp³-hybridized carbons (Fsp3) is 0.385. The van der Waals surface area contributed by atoms with Gasteiger partial charge in [0.25, 0.3) is 5.69 Å². The molecule has 0 bridgehead atoms. The Hall–Kier alpha value is -2.44. The number of carboxylic acids is 1. The van der Waals surface area contributed by atoms with Gasteiger partial charge in [-0.05, 0) is 25.0 Å². The number of amides is 1. The molecular weight excluding hydrogens is 264 g/mol. The van der Waals surface area contributed by atoms with Crippen LogP contribution in [-0.2, 0) is 4.79 Å². The van der Waals surface area contributed by atoms with E-state index in [1.807, 2.05) is 0 Å². The number of hydrogen-bond acceptors (Lipinski definition) is 4. The lowest BCUT2D eigenvalue weighted by Crippen LogP contribution is -2.30. The molecule has 0 unspecified atom stereocenters. The highest BCUT2D eigenvalue weighted by molar-refractivity contribution is 5.97. The number of nitro groups is 1. The molecule has 0 saturated carbocycles. The van der Waals surface area contributed by atoms with Crippen molar-refractivity contribution in [3.05, 3.63) is 33.9 Å². The van der Waals surface area contributed by atoms with Crippen LogP contribution in [0.15, 0.2) is 18.2 Å². The Bertz CT molecular complexity index is 570. The summed E-state index contributed by atoms with van der Waals surface area (Å²) in [6.45, 7) is 0.423. The molecule has 1 aromatic carbocycles. The topological polar surface area (TPSA) is 101 Å². The number of hydrogen-bond donors (Lipinski definition) is 1. The highest BCUT2D eigenvalue weighted by atomic mass is 16.6. The Labute approximate surface area is 115 Å². The molecule has 2 rings (SSSR count). The van der Waals surface area contributed by atoms with E-state index in [-0.39, 0.29) is 22.8 Å². The van der Waals surface area contributed by atoms with Gasteiger partial charge in [0, 0.05) is 19.0 Å². The average Bonchev–Trinajstić information content (AvgIpc) is 2.62. The molecule has 0 radical (unpaired) electrons. The van der Waals surface area contributed by atoms with Crippen LogP contribution in [0, 0.1) is 10.1 Å². The van der Waals surface area contributed by atoms with E-state index in [9.17, 15) is 19.7 Å². The van der Waals surface area contributed by atoms with Gasteiger partial charge in [-0.15, -0.1) is 0 Å². The highest BCUT2D eigenvalue weighted by Gasteiger charge is 2.26. The quantitative estimate of drug-likeness (QED) is 0.674. The molecule has 0 spiro atoms. The van der Waals surface area contributed by atoms with Gasteiger partial charge < -0.3 is 10.0 Å². The van der Waals surface area contributed by atoms with Gasteiger partial charge in [0.15, 0.2) is 0 Å². The van der Waals surface area contributed by atoms with Gasteiger partial charge in [-0.1, -0.05) is 6.42 Å². The molecule has 0 aliphatic carbocycles. The maximum Gasteiger partial charge on any atom is 0.335 e. The van der Waals surface area contributed by atoms with E-state index < -0.39 is 10.9 Å².